The van der Waals surface area contributed by atoms with Gasteiger partial charge in [-0.2, -0.15) is 0 Å². The quantitative estimate of drug-likeness (QED) is 0.495. The SMILES string of the molecule is CCN(CCCCO)CCc1c[nH]c2ccc(OCc3ccccc3)cc12. The summed E-state index contributed by atoms with van der Waals surface area (Å²) in [7, 11) is 0. The maximum Gasteiger partial charge on any atom is 0.120 e. The summed E-state index contributed by atoms with van der Waals surface area (Å²) in [6.07, 6.45) is 5.06. The highest BCUT2D eigenvalue weighted by molar-refractivity contribution is 5.84. The zero-order valence-corrected chi connectivity index (χ0v) is 16.2. The van der Waals surface area contributed by atoms with Crippen LogP contribution in [0.4, 0.5) is 0 Å². The monoisotopic (exact) mass is 366 g/mol. The highest BCUT2D eigenvalue weighted by Gasteiger charge is 2.08. The van der Waals surface area contributed by atoms with E-state index in [1.807, 2.05) is 24.3 Å². The number of aliphatic hydroxyl groups excluding tert-OH is 1. The van der Waals surface area contributed by atoms with E-state index in [9.17, 15) is 0 Å². The van der Waals surface area contributed by atoms with Crippen LogP contribution in [0.5, 0.6) is 5.75 Å². The number of hydrogen-bond donors (Lipinski definition) is 2. The third-order valence-corrected chi connectivity index (χ3v) is 5.01. The summed E-state index contributed by atoms with van der Waals surface area (Å²) in [5.74, 6) is 0.905. The van der Waals surface area contributed by atoms with Gasteiger partial charge in [0.25, 0.3) is 0 Å². The predicted octanol–water partition coefficient (Wildman–Crippen LogP) is 4.38. The van der Waals surface area contributed by atoms with Crippen molar-refractivity contribution in [3.8, 4) is 5.75 Å². The smallest absolute Gasteiger partial charge is 0.120 e. The van der Waals surface area contributed by atoms with E-state index in [4.69, 9.17) is 9.84 Å². The molecule has 4 heteroatoms. The third kappa shape index (κ3) is 5.59. The molecule has 0 saturated heterocycles. The van der Waals surface area contributed by atoms with Gasteiger partial charge in [0, 0.05) is 30.3 Å². The highest BCUT2D eigenvalue weighted by Crippen LogP contribution is 2.25. The lowest BCUT2D eigenvalue weighted by Gasteiger charge is -2.19. The van der Waals surface area contributed by atoms with Crippen LogP contribution in [-0.2, 0) is 13.0 Å². The summed E-state index contributed by atoms with van der Waals surface area (Å²) in [5.41, 5.74) is 3.66. The fourth-order valence-corrected chi connectivity index (χ4v) is 3.35. The number of ether oxygens (including phenoxy) is 1. The van der Waals surface area contributed by atoms with E-state index in [0.29, 0.717) is 6.61 Å². The first-order chi connectivity index (χ1) is 13.3. The first-order valence-corrected chi connectivity index (χ1v) is 9.90. The molecule has 27 heavy (non-hydrogen) atoms. The Kier molecular flexibility index (Phi) is 7.31. The zero-order valence-electron chi connectivity index (χ0n) is 16.2. The summed E-state index contributed by atoms with van der Waals surface area (Å²) in [6.45, 7) is 6.18. The second-order valence-electron chi connectivity index (χ2n) is 6.91. The molecule has 0 aliphatic carbocycles. The van der Waals surface area contributed by atoms with E-state index in [1.165, 1.54) is 16.5 Å². The molecule has 1 heterocycles. The van der Waals surface area contributed by atoms with Gasteiger partial charge >= 0.3 is 0 Å². The van der Waals surface area contributed by atoms with Crippen LogP contribution in [0, 0.1) is 0 Å². The minimum absolute atomic E-state index is 0.283. The fourth-order valence-electron chi connectivity index (χ4n) is 3.35. The Hall–Kier alpha value is -2.30. The predicted molar refractivity (Wildman–Crippen MR) is 111 cm³/mol. The lowest BCUT2D eigenvalue weighted by Crippen LogP contribution is -2.27. The van der Waals surface area contributed by atoms with Crippen molar-refractivity contribution in [1.29, 1.82) is 0 Å². The average molecular weight is 367 g/mol. The number of aromatic nitrogens is 1. The van der Waals surface area contributed by atoms with Crippen molar-refractivity contribution in [3.05, 3.63) is 65.9 Å². The van der Waals surface area contributed by atoms with Crippen molar-refractivity contribution in [2.45, 2.75) is 32.8 Å². The van der Waals surface area contributed by atoms with E-state index in [1.54, 1.807) is 0 Å². The van der Waals surface area contributed by atoms with Crippen LogP contribution in [0.25, 0.3) is 10.9 Å². The lowest BCUT2D eigenvalue weighted by molar-refractivity contribution is 0.249. The highest BCUT2D eigenvalue weighted by atomic mass is 16.5. The number of nitrogens with one attached hydrogen (secondary N) is 1. The van der Waals surface area contributed by atoms with Crippen LogP contribution < -0.4 is 4.74 Å². The van der Waals surface area contributed by atoms with Crippen molar-refractivity contribution in [2.75, 3.05) is 26.2 Å². The van der Waals surface area contributed by atoms with Gasteiger partial charge in [-0.25, -0.2) is 0 Å². The maximum absolute atomic E-state index is 8.96. The minimum Gasteiger partial charge on any atom is -0.489 e. The molecule has 0 bridgehead atoms. The first kappa shape index (κ1) is 19.5. The Bertz CT molecular complexity index is 814. The molecule has 0 radical (unpaired) electrons. The van der Waals surface area contributed by atoms with Crippen molar-refractivity contribution in [1.82, 2.24) is 9.88 Å². The summed E-state index contributed by atoms with van der Waals surface area (Å²) >= 11 is 0. The summed E-state index contributed by atoms with van der Waals surface area (Å²) in [4.78, 5) is 5.82. The number of aliphatic hydroxyl groups is 1. The fraction of sp³-hybridized carbons (Fsp3) is 0.391. The van der Waals surface area contributed by atoms with Crippen LogP contribution in [0.15, 0.2) is 54.7 Å². The van der Waals surface area contributed by atoms with E-state index >= 15 is 0 Å². The standard InChI is InChI=1S/C23H30N2O2/c1-2-25(13-6-7-15-26)14-12-20-17-24-23-11-10-21(16-22(20)23)27-18-19-8-4-3-5-9-19/h3-5,8-11,16-17,24,26H,2,6-7,12-15,18H2,1H3. The third-order valence-electron chi connectivity index (χ3n) is 5.01. The van der Waals surface area contributed by atoms with Gasteiger partial charge in [-0.05, 0) is 61.7 Å². The molecule has 2 aromatic carbocycles. The van der Waals surface area contributed by atoms with Gasteiger partial charge in [0.2, 0.25) is 0 Å². The Labute approximate surface area is 161 Å². The molecule has 1 aromatic heterocycles. The van der Waals surface area contributed by atoms with Crippen LogP contribution in [0.1, 0.15) is 30.9 Å². The molecule has 0 aliphatic heterocycles. The van der Waals surface area contributed by atoms with Crippen molar-refractivity contribution < 1.29 is 9.84 Å². The summed E-state index contributed by atoms with van der Waals surface area (Å²) in [6, 6.07) is 16.5. The molecule has 0 aliphatic rings. The molecular formula is C23H30N2O2. The Morgan fingerprint density at radius 2 is 1.89 bits per heavy atom. The van der Waals surface area contributed by atoms with E-state index < -0.39 is 0 Å². The zero-order chi connectivity index (χ0) is 18.9. The van der Waals surface area contributed by atoms with Gasteiger partial charge < -0.3 is 19.7 Å². The van der Waals surface area contributed by atoms with Gasteiger partial charge in [-0.15, -0.1) is 0 Å². The molecule has 144 valence electrons. The summed E-state index contributed by atoms with van der Waals surface area (Å²) in [5, 5.41) is 10.2. The molecule has 0 atom stereocenters. The number of benzene rings is 2. The van der Waals surface area contributed by atoms with E-state index in [2.05, 4.69) is 47.3 Å². The largest absolute Gasteiger partial charge is 0.489 e. The molecule has 4 nitrogen and oxygen atoms in total. The number of H-pyrrole nitrogens is 1. The number of hydrogen-bond acceptors (Lipinski definition) is 3. The molecule has 0 saturated carbocycles. The molecule has 0 unspecified atom stereocenters. The van der Waals surface area contributed by atoms with Gasteiger partial charge in [0.15, 0.2) is 0 Å². The number of fused-ring (bicyclic) bond motifs is 1. The Balaban J connectivity index is 1.62. The van der Waals surface area contributed by atoms with E-state index in [0.717, 1.165) is 50.2 Å². The van der Waals surface area contributed by atoms with Crippen LogP contribution in [-0.4, -0.2) is 41.2 Å². The maximum atomic E-state index is 8.96. The van der Waals surface area contributed by atoms with Crippen LogP contribution in [0.2, 0.25) is 0 Å². The lowest BCUT2D eigenvalue weighted by atomic mass is 10.1. The number of nitrogens with zero attached hydrogens (tertiary/aromatic N) is 1. The number of aromatic amines is 1. The second kappa shape index (κ2) is 10.1. The molecule has 0 fully saturated rings. The number of rotatable bonds is 11. The average Bonchev–Trinajstić information content (AvgIpc) is 3.12. The van der Waals surface area contributed by atoms with E-state index in [-0.39, 0.29) is 6.61 Å². The van der Waals surface area contributed by atoms with Gasteiger partial charge in [-0.3, -0.25) is 0 Å². The topological polar surface area (TPSA) is 48.5 Å². The van der Waals surface area contributed by atoms with Gasteiger partial charge in [0.1, 0.15) is 12.4 Å². The van der Waals surface area contributed by atoms with Crippen LogP contribution >= 0.6 is 0 Å². The molecule has 0 spiro atoms. The van der Waals surface area contributed by atoms with Crippen LogP contribution in [0.3, 0.4) is 0 Å². The van der Waals surface area contributed by atoms with Gasteiger partial charge in [-0.1, -0.05) is 37.3 Å². The molecule has 2 N–H and O–H groups in total. The van der Waals surface area contributed by atoms with Crippen molar-refractivity contribution in [3.63, 3.8) is 0 Å². The molecule has 3 rings (SSSR count). The molecular weight excluding hydrogens is 336 g/mol. The van der Waals surface area contributed by atoms with Gasteiger partial charge in [0.05, 0.1) is 0 Å². The Morgan fingerprint density at radius 3 is 2.67 bits per heavy atom. The normalized spacial score (nSPS) is 11.4. The number of likely N-dealkylation sites (N-methyl/N-ethyl adjacent to an activating group) is 1. The minimum atomic E-state index is 0.283. The number of unbranched alkanes of at least 4 members (excludes halogenated alkanes) is 1. The van der Waals surface area contributed by atoms with Crippen molar-refractivity contribution in [2.24, 2.45) is 0 Å². The first-order valence-electron chi connectivity index (χ1n) is 9.90. The summed E-state index contributed by atoms with van der Waals surface area (Å²) < 4.78 is 5.99. The second-order valence-corrected chi connectivity index (χ2v) is 6.91. The molecule has 3 aromatic rings. The molecule has 0 amide bonds. The Morgan fingerprint density at radius 1 is 1.04 bits per heavy atom. The van der Waals surface area contributed by atoms with Crippen molar-refractivity contribution >= 4 is 10.9 Å².